The Kier molecular flexibility index (Phi) is 3.91. The van der Waals surface area contributed by atoms with Gasteiger partial charge in [0, 0.05) is 11.6 Å². The Hall–Kier alpha value is -1.10. The van der Waals surface area contributed by atoms with E-state index in [1.54, 1.807) is 0 Å². The molecular formula is C10H18ClN5. The minimum absolute atomic E-state index is 0.111. The zero-order valence-electron chi connectivity index (χ0n) is 10.3. The summed E-state index contributed by atoms with van der Waals surface area (Å²) in [5.74, 6) is 0.970. The summed E-state index contributed by atoms with van der Waals surface area (Å²) in [6.07, 6.45) is 0. The van der Waals surface area contributed by atoms with Gasteiger partial charge in [-0.25, -0.2) is 0 Å². The second kappa shape index (κ2) is 4.82. The smallest absolute Gasteiger partial charge is 0.229 e. The molecule has 0 saturated heterocycles. The monoisotopic (exact) mass is 243 g/mol. The fraction of sp³-hybridized carbons (Fsp3) is 0.700. The number of hydrogen-bond donors (Lipinski definition) is 2. The van der Waals surface area contributed by atoms with Crippen molar-refractivity contribution in [3.8, 4) is 0 Å². The zero-order valence-corrected chi connectivity index (χ0v) is 11.1. The van der Waals surface area contributed by atoms with Crippen LogP contribution in [0.15, 0.2) is 0 Å². The van der Waals surface area contributed by atoms with E-state index >= 15 is 0 Å². The van der Waals surface area contributed by atoms with Crippen LogP contribution < -0.4 is 10.6 Å². The first kappa shape index (κ1) is 13.0. The summed E-state index contributed by atoms with van der Waals surface area (Å²) in [6, 6.07) is 0.251. The van der Waals surface area contributed by atoms with Crippen LogP contribution >= 0.6 is 11.6 Å². The lowest BCUT2D eigenvalue weighted by atomic mass is 10.1. The van der Waals surface area contributed by atoms with Crippen molar-refractivity contribution in [2.75, 3.05) is 10.6 Å². The molecule has 16 heavy (non-hydrogen) atoms. The van der Waals surface area contributed by atoms with Gasteiger partial charge in [0.25, 0.3) is 0 Å². The lowest BCUT2D eigenvalue weighted by molar-refractivity contribution is 0.625. The molecule has 0 unspecified atom stereocenters. The van der Waals surface area contributed by atoms with Gasteiger partial charge in [-0.05, 0) is 46.2 Å². The van der Waals surface area contributed by atoms with E-state index in [4.69, 9.17) is 11.6 Å². The summed E-state index contributed by atoms with van der Waals surface area (Å²) in [6.45, 7) is 10.1. The van der Waals surface area contributed by atoms with Gasteiger partial charge in [-0.15, -0.1) is 0 Å². The van der Waals surface area contributed by atoms with Crippen molar-refractivity contribution in [1.29, 1.82) is 0 Å². The Morgan fingerprint density at radius 2 is 1.62 bits per heavy atom. The van der Waals surface area contributed by atoms with E-state index < -0.39 is 0 Å². The molecule has 1 heterocycles. The fourth-order valence-electron chi connectivity index (χ4n) is 1.06. The summed E-state index contributed by atoms with van der Waals surface area (Å²) >= 11 is 5.82. The Balaban J connectivity index is 2.90. The molecule has 0 aliphatic carbocycles. The van der Waals surface area contributed by atoms with Gasteiger partial charge in [0.15, 0.2) is 0 Å². The molecule has 0 amide bonds. The minimum Gasteiger partial charge on any atom is -0.352 e. The van der Waals surface area contributed by atoms with Gasteiger partial charge in [-0.2, -0.15) is 15.0 Å². The number of nitrogens with zero attached hydrogens (tertiary/aromatic N) is 3. The number of anilines is 2. The first-order chi connectivity index (χ1) is 7.26. The lowest BCUT2D eigenvalue weighted by Gasteiger charge is -2.20. The van der Waals surface area contributed by atoms with Gasteiger partial charge in [0.1, 0.15) is 0 Å². The third-order valence-corrected chi connectivity index (χ3v) is 1.68. The molecular weight excluding hydrogens is 226 g/mol. The second-order valence-corrected chi connectivity index (χ2v) is 5.26. The Morgan fingerprint density at radius 3 is 2.12 bits per heavy atom. The topological polar surface area (TPSA) is 62.7 Å². The molecule has 0 aliphatic rings. The SMILES string of the molecule is CC(C)Nc1nc(Cl)nc(NC(C)(C)C)n1. The van der Waals surface area contributed by atoms with Crippen molar-refractivity contribution >= 4 is 23.5 Å². The van der Waals surface area contributed by atoms with Crippen LogP contribution in [0.5, 0.6) is 0 Å². The van der Waals surface area contributed by atoms with E-state index in [1.807, 2.05) is 34.6 Å². The second-order valence-electron chi connectivity index (χ2n) is 4.93. The van der Waals surface area contributed by atoms with Crippen molar-refractivity contribution < 1.29 is 0 Å². The number of hydrogen-bond acceptors (Lipinski definition) is 5. The molecule has 0 saturated carbocycles. The van der Waals surface area contributed by atoms with Crippen molar-refractivity contribution in [3.05, 3.63) is 5.28 Å². The number of halogens is 1. The molecule has 6 heteroatoms. The fourth-order valence-corrected chi connectivity index (χ4v) is 1.22. The number of rotatable bonds is 3. The molecule has 0 fully saturated rings. The first-order valence-corrected chi connectivity index (χ1v) is 5.60. The van der Waals surface area contributed by atoms with Crippen LogP contribution in [0.2, 0.25) is 5.28 Å². The van der Waals surface area contributed by atoms with Crippen LogP contribution in [0.1, 0.15) is 34.6 Å². The number of nitrogens with one attached hydrogen (secondary N) is 2. The van der Waals surface area contributed by atoms with Gasteiger partial charge < -0.3 is 10.6 Å². The van der Waals surface area contributed by atoms with Gasteiger partial charge in [0.05, 0.1) is 0 Å². The quantitative estimate of drug-likeness (QED) is 0.854. The normalized spacial score (nSPS) is 11.7. The van der Waals surface area contributed by atoms with Gasteiger partial charge in [-0.3, -0.25) is 0 Å². The summed E-state index contributed by atoms with van der Waals surface area (Å²) in [7, 11) is 0. The van der Waals surface area contributed by atoms with Crippen LogP contribution in [0.25, 0.3) is 0 Å². The molecule has 0 radical (unpaired) electrons. The Labute approximate surface area is 101 Å². The zero-order chi connectivity index (χ0) is 12.3. The lowest BCUT2D eigenvalue weighted by Crippen LogP contribution is -2.28. The van der Waals surface area contributed by atoms with E-state index in [-0.39, 0.29) is 16.9 Å². The van der Waals surface area contributed by atoms with Crippen molar-refractivity contribution in [1.82, 2.24) is 15.0 Å². The average molecular weight is 244 g/mol. The van der Waals surface area contributed by atoms with Crippen LogP contribution in [0.4, 0.5) is 11.9 Å². The molecule has 0 spiro atoms. The summed E-state index contributed by atoms with van der Waals surface area (Å²) < 4.78 is 0. The van der Waals surface area contributed by atoms with Crippen molar-refractivity contribution in [3.63, 3.8) is 0 Å². The first-order valence-electron chi connectivity index (χ1n) is 5.22. The highest BCUT2D eigenvalue weighted by molar-refractivity contribution is 6.28. The highest BCUT2D eigenvalue weighted by atomic mass is 35.5. The van der Waals surface area contributed by atoms with Crippen molar-refractivity contribution in [2.24, 2.45) is 0 Å². The maximum Gasteiger partial charge on any atom is 0.229 e. The van der Waals surface area contributed by atoms with Gasteiger partial charge >= 0.3 is 0 Å². The Morgan fingerprint density at radius 1 is 1.06 bits per heavy atom. The number of aromatic nitrogens is 3. The van der Waals surface area contributed by atoms with Crippen molar-refractivity contribution in [2.45, 2.75) is 46.2 Å². The molecule has 1 aromatic rings. The van der Waals surface area contributed by atoms with Crippen LogP contribution in [0, 0.1) is 0 Å². The molecule has 0 atom stereocenters. The van der Waals surface area contributed by atoms with E-state index in [0.717, 1.165) is 0 Å². The van der Waals surface area contributed by atoms with E-state index in [1.165, 1.54) is 0 Å². The maximum absolute atomic E-state index is 5.82. The minimum atomic E-state index is -0.111. The van der Waals surface area contributed by atoms with E-state index in [0.29, 0.717) is 11.9 Å². The predicted octanol–water partition coefficient (Wildman–Crippen LogP) is 2.56. The van der Waals surface area contributed by atoms with E-state index in [2.05, 4.69) is 25.6 Å². The predicted molar refractivity (Wildman–Crippen MR) is 67.0 cm³/mol. The summed E-state index contributed by atoms with van der Waals surface area (Å²) in [5.41, 5.74) is -0.111. The average Bonchev–Trinajstić information content (AvgIpc) is 1.96. The molecule has 0 aromatic carbocycles. The highest BCUT2D eigenvalue weighted by Gasteiger charge is 2.13. The largest absolute Gasteiger partial charge is 0.352 e. The summed E-state index contributed by atoms with van der Waals surface area (Å²) in [5, 5.41) is 6.42. The van der Waals surface area contributed by atoms with Crippen LogP contribution in [-0.4, -0.2) is 26.5 Å². The van der Waals surface area contributed by atoms with E-state index in [9.17, 15) is 0 Å². The molecule has 0 aliphatic heterocycles. The third-order valence-electron chi connectivity index (χ3n) is 1.51. The Bertz CT molecular complexity index is 359. The summed E-state index contributed by atoms with van der Waals surface area (Å²) in [4.78, 5) is 12.2. The standard InChI is InChI=1S/C10H18ClN5/c1-6(2)12-8-13-7(11)14-9(15-8)16-10(3,4)5/h6H,1-5H3,(H2,12,13,14,15,16). The molecule has 90 valence electrons. The van der Waals surface area contributed by atoms with Crippen LogP contribution in [-0.2, 0) is 0 Å². The maximum atomic E-state index is 5.82. The molecule has 1 rings (SSSR count). The third kappa shape index (κ3) is 4.61. The van der Waals surface area contributed by atoms with Gasteiger partial charge in [0.2, 0.25) is 17.2 Å². The molecule has 0 bridgehead atoms. The van der Waals surface area contributed by atoms with Crippen LogP contribution in [0.3, 0.4) is 0 Å². The molecule has 2 N–H and O–H groups in total. The highest BCUT2D eigenvalue weighted by Crippen LogP contribution is 2.14. The molecule has 1 aromatic heterocycles. The molecule has 5 nitrogen and oxygen atoms in total. The van der Waals surface area contributed by atoms with Gasteiger partial charge in [-0.1, -0.05) is 0 Å².